The van der Waals surface area contributed by atoms with Gasteiger partial charge in [0, 0.05) is 43.4 Å². The fraction of sp³-hybridized carbons (Fsp3) is 0.154. The molecule has 0 saturated carbocycles. The summed E-state index contributed by atoms with van der Waals surface area (Å²) in [4.78, 5) is 44.6. The van der Waals surface area contributed by atoms with Crippen LogP contribution in [0.5, 0.6) is 0 Å². The number of carboxylic acid groups (broad SMARTS) is 1. The molecule has 1 atom stereocenters. The summed E-state index contributed by atoms with van der Waals surface area (Å²) in [5, 5.41) is 20.1. The highest BCUT2D eigenvalue weighted by Crippen LogP contribution is 2.42. The van der Waals surface area contributed by atoms with Gasteiger partial charge in [-0.15, -0.1) is 0 Å². The molecule has 1 aromatic heterocycles. The first-order valence-electron chi connectivity index (χ1n) is 10.6. The molecule has 1 aliphatic rings. The van der Waals surface area contributed by atoms with Crippen molar-refractivity contribution >= 4 is 34.8 Å². The maximum absolute atomic E-state index is 13.2. The Bertz CT molecular complexity index is 1270. The van der Waals surface area contributed by atoms with E-state index in [1.807, 2.05) is 43.3 Å². The SMILES string of the molecule is CN(C)c1ccc(C2/C(=C(/O)c3ccncc3)C(=O)C(=O)N2c2ccc(CC(=O)O)cc2)cc1. The average Bonchev–Trinajstić information content (AvgIpc) is 3.10. The lowest BCUT2D eigenvalue weighted by molar-refractivity contribution is -0.136. The highest BCUT2D eigenvalue weighted by molar-refractivity contribution is 6.51. The molecule has 1 saturated heterocycles. The van der Waals surface area contributed by atoms with Crippen LogP contribution < -0.4 is 9.80 Å². The Balaban J connectivity index is 1.86. The summed E-state index contributed by atoms with van der Waals surface area (Å²) in [5.41, 5.74) is 2.93. The number of amides is 1. The summed E-state index contributed by atoms with van der Waals surface area (Å²) in [6, 6.07) is 16.1. The minimum atomic E-state index is -0.966. The Morgan fingerprint density at radius 2 is 1.56 bits per heavy atom. The molecule has 0 bridgehead atoms. The third-order valence-corrected chi connectivity index (χ3v) is 5.69. The van der Waals surface area contributed by atoms with Gasteiger partial charge in [0.1, 0.15) is 5.76 Å². The van der Waals surface area contributed by atoms with E-state index in [1.54, 1.807) is 36.4 Å². The van der Waals surface area contributed by atoms with Gasteiger partial charge < -0.3 is 15.1 Å². The zero-order valence-electron chi connectivity index (χ0n) is 18.7. The smallest absolute Gasteiger partial charge is 0.307 e. The standard InChI is InChI=1S/C26H23N3O5/c1-28(2)19-9-5-17(6-10-19)23-22(24(32)18-11-13-27-14-12-18)25(33)26(34)29(23)20-7-3-16(4-8-20)15-21(30)31/h3-14,23,32H,15H2,1-2H3,(H,30,31)/b24-22-. The summed E-state index contributed by atoms with van der Waals surface area (Å²) in [6.45, 7) is 0. The maximum atomic E-state index is 13.2. The van der Waals surface area contributed by atoms with Gasteiger partial charge in [-0.1, -0.05) is 24.3 Å². The molecule has 2 heterocycles. The van der Waals surface area contributed by atoms with Crippen LogP contribution >= 0.6 is 0 Å². The van der Waals surface area contributed by atoms with Crippen molar-refractivity contribution in [3.05, 3.63) is 95.3 Å². The number of hydrogen-bond acceptors (Lipinski definition) is 6. The number of aliphatic hydroxyl groups is 1. The average molecular weight is 457 g/mol. The Labute approximate surface area is 196 Å². The van der Waals surface area contributed by atoms with E-state index in [2.05, 4.69) is 4.98 Å². The van der Waals surface area contributed by atoms with Crippen LogP contribution in [0.25, 0.3) is 5.76 Å². The molecule has 8 heteroatoms. The first-order valence-corrected chi connectivity index (χ1v) is 10.6. The van der Waals surface area contributed by atoms with Gasteiger partial charge in [0.25, 0.3) is 11.7 Å². The number of pyridine rings is 1. The Morgan fingerprint density at radius 1 is 0.941 bits per heavy atom. The first kappa shape index (κ1) is 22.7. The van der Waals surface area contributed by atoms with Gasteiger partial charge in [-0.2, -0.15) is 0 Å². The molecule has 1 amide bonds. The number of ketones is 1. The molecule has 34 heavy (non-hydrogen) atoms. The largest absolute Gasteiger partial charge is 0.507 e. The summed E-state index contributed by atoms with van der Waals surface area (Å²) < 4.78 is 0. The predicted molar refractivity (Wildman–Crippen MR) is 128 cm³/mol. The molecule has 8 nitrogen and oxygen atoms in total. The molecule has 1 unspecified atom stereocenters. The lowest BCUT2D eigenvalue weighted by Crippen LogP contribution is -2.29. The van der Waals surface area contributed by atoms with Crippen molar-refractivity contribution < 1.29 is 24.6 Å². The zero-order valence-corrected chi connectivity index (χ0v) is 18.7. The third kappa shape index (κ3) is 4.25. The highest BCUT2D eigenvalue weighted by Gasteiger charge is 2.46. The number of hydrogen-bond donors (Lipinski definition) is 2. The molecule has 0 spiro atoms. The topological polar surface area (TPSA) is 111 Å². The number of benzene rings is 2. The maximum Gasteiger partial charge on any atom is 0.307 e. The summed E-state index contributed by atoms with van der Waals surface area (Å²) in [5.74, 6) is -2.83. The molecule has 1 aliphatic heterocycles. The van der Waals surface area contributed by atoms with Crippen molar-refractivity contribution in [2.24, 2.45) is 0 Å². The number of aromatic nitrogens is 1. The quantitative estimate of drug-likeness (QED) is 0.332. The van der Waals surface area contributed by atoms with Crippen LogP contribution in [0.3, 0.4) is 0 Å². The minimum Gasteiger partial charge on any atom is -0.507 e. The number of nitrogens with zero attached hydrogens (tertiary/aromatic N) is 3. The second kappa shape index (κ2) is 9.19. The number of Topliss-reactive ketones (excluding diaryl/α,β-unsaturated/α-hetero) is 1. The Morgan fingerprint density at radius 3 is 2.12 bits per heavy atom. The lowest BCUT2D eigenvalue weighted by Gasteiger charge is -2.26. The Hall–Kier alpha value is -4.46. The number of carboxylic acids is 1. The number of rotatable bonds is 6. The number of aliphatic carboxylic acids is 1. The number of carbonyl (C=O) groups excluding carboxylic acids is 2. The van der Waals surface area contributed by atoms with Crippen LogP contribution in [0, 0.1) is 0 Å². The van der Waals surface area contributed by atoms with Gasteiger partial charge in [0.2, 0.25) is 0 Å². The van der Waals surface area contributed by atoms with E-state index in [-0.39, 0.29) is 17.8 Å². The number of carbonyl (C=O) groups is 3. The van der Waals surface area contributed by atoms with Crippen molar-refractivity contribution in [2.75, 3.05) is 23.9 Å². The molecule has 0 radical (unpaired) electrons. The van der Waals surface area contributed by atoms with Gasteiger partial charge in [-0.3, -0.25) is 24.3 Å². The molecular weight excluding hydrogens is 434 g/mol. The number of anilines is 2. The normalized spacial score (nSPS) is 17.1. The first-order chi connectivity index (χ1) is 16.3. The number of aliphatic hydroxyl groups excluding tert-OH is 1. The van der Waals surface area contributed by atoms with E-state index >= 15 is 0 Å². The van der Waals surface area contributed by atoms with E-state index in [0.717, 1.165) is 5.69 Å². The molecule has 2 aromatic carbocycles. The van der Waals surface area contributed by atoms with Crippen molar-refractivity contribution in [3.63, 3.8) is 0 Å². The third-order valence-electron chi connectivity index (χ3n) is 5.69. The van der Waals surface area contributed by atoms with Crippen LogP contribution in [-0.2, 0) is 20.8 Å². The van der Waals surface area contributed by atoms with Crippen molar-refractivity contribution in [1.82, 2.24) is 4.98 Å². The summed E-state index contributed by atoms with van der Waals surface area (Å²) in [6.07, 6.45) is 2.83. The van der Waals surface area contributed by atoms with E-state index in [9.17, 15) is 19.5 Å². The highest BCUT2D eigenvalue weighted by atomic mass is 16.4. The van der Waals surface area contributed by atoms with Gasteiger partial charge in [0.15, 0.2) is 0 Å². The van der Waals surface area contributed by atoms with Crippen molar-refractivity contribution in [2.45, 2.75) is 12.5 Å². The molecule has 3 aromatic rings. The molecule has 1 fully saturated rings. The van der Waals surface area contributed by atoms with Crippen LogP contribution in [0.15, 0.2) is 78.6 Å². The van der Waals surface area contributed by atoms with E-state index in [0.29, 0.717) is 22.4 Å². The van der Waals surface area contributed by atoms with E-state index < -0.39 is 23.7 Å². The minimum absolute atomic E-state index is 0.0246. The summed E-state index contributed by atoms with van der Waals surface area (Å²) in [7, 11) is 3.81. The fourth-order valence-electron chi connectivity index (χ4n) is 3.98. The lowest BCUT2D eigenvalue weighted by atomic mass is 9.95. The van der Waals surface area contributed by atoms with Crippen LogP contribution in [0.4, 0.5) is 11.4 Å². The van der Waals surface area contributed by atoms with Crippen molar-refractivity contribution in [1.29, 1.82) is 0 Å². The van der Waals surface area contributed by atoms with Crippen molar-refractivity contribution in [3.8, 4) is 0 Å². The van der Waals surface area contributed by atoms with Crippen LogP contribution in [0.1, 0.15) is 22.7 Å². The van der Waals surface area contributed by atoms with E-state index in [4.69, 9.17) is 5.11 Å². The van der Waals surface area contributed by atoms with E-state index in [1.165, 1.54) is 17.3 Å². The van der Waals surface area contributed by atoms with Gasteiger partial charge in [-0.25, -0.2) is 0 Å². The fourth-order valence-corrected chi connectivity index (χ4v) is 3.98. The molecule has 172 valence electrons. The summed E-state index contributed by atoms with van der Waals surface area (Å²) >= 11 is 0. The van der Waals surface area contributed by atoms with Gasteiger partial charge in [-0.05, 0) is 47.5 Å². The van der Waals surface area contributed by atoms with Gasteiger partial charge in [0.05, 0.1) is 18.0 Å². The zero-order chi connectivity index (χ0) is 24.4. The Kier molecular flexibility index (Phi) is 6.14. The molecular formula is C26H23N3O5. The predicted octanol–water partition coefficient (Wildman–Crippen LogP) is 3.40. The second-order valence-electron chi connectivity index (χ2n) is 8.13. The molecule has 4 rings (SSSR count). The van der Waals surface area contributed by atoms with Crippen LogP contribution in [0.2, 0.25) is 0 Å². The molecule has 2 N–H and O–H groups in total. The van der Waals surface area contributed by atoms with Crippen LogP contribution in [-0.4, -0.2) is 47.0 Å². The second-order valence-corrected chi connectivity index (χ2v) is 8.13. The molecule has 0 aliphatic carbocycles. The monoisotopic (exact) mass is 457 g/mol. The van der Waals surface area contributed by atoms with Gasteiger partial charge >= 0.3 is 5.97 Å².